The molecule has 3 rings (SSSR count). The fraction of sp³-hybridized carbons (Fsp3) is 0.294. The summed E-state index contributed by atoms with van der Waals surface area (Å²) in [6.07, 6.45) is 1.38. The first-order valence-electron chi connectivity index (χ1n) is 8.13. The Bertz CT molecular complexity index is 1010. The van der Waals surface area contributed by atoms with Crippen LogP contribution in [0.15, 0.2) is 46.1 Å². The molecule has 1 unspecified atom stereocenters. The first-order valence-corrected chi connectivity index (χ1v) is 8.51. The quantitative estimate of drug-likeness (QED) is 0.674. The largest absolute Gasteiger partial charge is 0.391 e. The SMILES string of the molecule is CCC(O)Cn1nc(-c2ccc(Cl)cc2)nc1Cn1ccc(=O)[nH]c1=O. The Balaban J connectivity index is 1.99. The van der Waals surface area contributed by atoms with E-state index in [0.717, 1.165) is 5.56 Å². The maximum absolute atomic E-state index is 11.9. The van der Waals surface area contributed by atoms with Gasteiger partial charge in [-0.1, -0.05) is 18.5 Å². The minimum absolute atomic E-state index is 0.118. The monoisotopic (exact) mass is 375 g/mol. The number of rotatable bonds is 6. The average molecular weight is 376 g/mol. The maximum atomic E-state index is 11.9. The molecule has 0 bridgehead atoms. The molecule has 0 amide bonds. The summed E-state index contributed by atoms with van der Waals surface area (Å²) in [6.45, 7) is 2.24. The van der Waals surface area contributed by atoms with E-state index < -0.39 is 17.4 Å². The number of halogens is 1. The van der Waals surface area contributed by atoms with E-state index in [-0.39, 0.29) is 13.1 Å². The molecule has 2 N–H and O–H groups in total. The predicted octanol–water partition coefficient (Wildman–Crippen LogP) is 1.27. The number of hydrogen-bond donors (Lipinski definition) is 2. The lowest BCUT2D eigenvalue weighted by Crippen LogP contribution is -2.30. The summed E-state index contributed by atoms with van der Waals surface area (Å²) in [5, 5.41) is 15.0. The normalized spacial score (nSPS) is 12.3. The maximum Gasteiger partial charge on any atom is 0.328 e. The Kier molecular flexibility index (Phi) is 5.34. The Hall–Kier alpha value is -2.71. The zero-order valence-corrected chi connectivity index (χ0v) is 14.8. The van der Waals surface area contributed by atoms with Crippen molar-refractivity contribution in [2.45, 2.75) is 32.5 Å². The van der Waals surface area contributed by atoms with E-state index in [1.165, 1.54) is 16.8 Å². The molecule has 0 radical (unpaired) electrons. The molecule has 2 aromatic heterocycles. The summed E-state index contributed by atoms with van der Waals surface area (Å²) in [4.78, 5) is 29.9. The molecule has 136 valence electrons. The fourth-order valence-corrected chi connectivity index (χ4v) is 2.53. The first-order chi connectivity index (χ1) is 12.5. The number of aliphatic hydroxyl groups is 1. The molecule has 9 heteroatoms. The zero-order valence-electron chi connectivity index (χ0n) is 14.1. The predicted molar refractivity (Wildman–Crippen MR) is 97.2 cm³/mol. The van der Waals surface area contributed by atoms with Gasteiger partial charge in [0.05, 0.1) is 19.2 Å². The van der Waals surface area contributed by atoms with Gasteiger partial charge >= 0.3 is 5.69 Å². The van der Waals surface area contributed by atoms with Gasteiger partial charge in [0, 0.05) is 22.8 Å². The van der Waals surface area contributed by atoms with Gasteiger partial charge in [-0.05, 0) is 30.7 Å². The molecule has 1 aromatic carbocycles. The number of hydrogen-bond acceptors (Lipinski definition) is 5. The van der Waals surface area contributed by atoms with Crippen LogP contribution in [0.25, 0.3) is 11.4 Å². The third kappa shape index (κ3) is 4.09. The van der Waals surface area contributed by atoms with Crippen LogP contribution in [0, 0.1) is 0 Å². The van der Waals surface area contributed by atoms with Crippen LogP contribution in [-0.2, 0) is 13.1 Å². The number of nitrogens with zero attached hydrogens (tertiary/aromatic N) is 4. The minimum Gasteiger partial charge on any atom is -0.391 e. The van der Waals surface area contributed by atoms with Crippen LogP contribution in [0.1, 0.15) is 19.2 Å². The molecule has 1 atom stereocenters. The minimum atomic E-state index is -0.583. The van der Waals surface area contributed by atoms with Gasteiger partial charge in [0.1, 0.15) is 5.82 Å². The van der Waals surface area contributed by atoms with Crippen molar-refractivity contribution in [2.75, 3.05) is 0 Å². The van der Waals surface area contributed by atoms with Crippen LogP contribution in [0.4, 0.5) is 0 Å². The van der Waals surface area contributed by atoms with Crippen molar-refractivity contribution < 1.29 is 5.11 Å². The van der Waals surface area contributed by atoms with Gasteiger partial charge < -0.3 is 5.11 Å². The average Bonchev–Trinajstić information content (AvgIpc) is 3.00. The van der Waals surface area contributed by atoms with Gasteiger partial charge in [-0.2, -0.15) is 5.10 Å². The lowest BCUT2D eigenvalue weighted by molar-refractivity contribution is 0.143. The number of aliphatic hydroxyl groups excluding tert-OH is 1. The topological polar surface area (TPSA) is 106 Å². The third-order valence-corrected chi connectivity index (χ3v) is 4.17. The molecule has 0 spiro atoms. The second kappa shape index (κ2) is 7.67. The molecule has 0 aliphatic rings. The Labute approximate surface area is 153 Å². The summed E-state index contributed by atoms with van der Waals surface area (Å²) in [7, 11) is 0. The van der Waals surface area contributed by atoms with Crippen LogP contribution >= 0.6 is 11.6 Å². The first kappa shape index (κ1) is 18.1. The summed E-state index contributed by atoms with van der Waals surface area (Å²) in [5.74, 6) is 0.967. The molecule has 0 aliphatic carbocycles. The third-order valence-electron chi connectivity index (χ3n) is 3.91. The second-order valence-electron chi connectivity index (χ2n) is 5.84. The number of H-pyrrole nitrogens is 1. The fourth-order valence-electron chi connectivity index (χ4n) is 2.41. The molecule has 0 fully saturated rings. The van der Waals surface area contributed by atoms with Crippen molar-refractivity contribution in [3.63, 3.8) is 0 Å². The molecule has 0 aliphatic heterocycles. The van der Waals surface area contributed by atoms with Crippen molar-refractivity contribution in [1.29, 1.82) is 0 Å². The van der Waals surface area contributed by atoms with Gasteiger partial charge in [0.15, 0.2) is 5.82 Å². The van der Waals surface area contributed by atoms with E-state index in [4.69, 9.17) is 11.6 Å². The Morgan fingerprint density at radius 2 is 1.96 bits per heavy atom. The van der Waals surface area contributed by atoms with Crippen LogP contribution in [-0.4, -0.2) is 35.5 Å². The molecular weight excluding hydrogens is 358 g/mol. The number of benzene rings is 1. The molecule has 0 saturated carbocycles. The highest BCUT2D eigenvalue weighted by molar-refractivity contribution is 6.30. The summed E-state index contributed by atoms with van der Waals surface area (Å²) in [6, 6.07) is 8.35. The molecule has 26 heavy (non-hydrogen) atoms. The van der Waals surface area contributed by atoms with Crippen molar-refractivity contribution in [2.24, 2.45) is 0 Å². The van der Waals surface area contributed by atoms with Crippen molar-refractivity contribution in [3.8, 4) is 11.4 Å². The number of nitrogens with one attached hydrogen (secondary N) is 1. The van der Waals surface area contributed by atoms with E-state index >= 15 is 0 Å². The van der Waals surface area contributed by atoms with Gasteiger partial charge in [-0.3, -0.25) is 14.3 Å². The van der Waals surface area contributed by atoms with Gasteiger partial charge in [0.2, 0.25) is 0 Å². The van der Waals surface area contributed by atoms with Gasteiger partial charge in [0.25, 0.3) is 5.56 Å². The van der Waals surface area contributed by atoms with Crippen LogP contribution in [0.2, 0.25) is 5.02 Å². The van der Waals surface area contributed by atoms with Crippen LogP contribution in [0.3, 0.4) is 0 Å². The number of aromatic amines is 1. The number of aromatic nitrogens is 5. The van der Waals surface area contributed by atoms with Gasteiger partial charge in [-0.15, -0.1) is 0 Å². The van der Waals surface area contributed by atoms with Crippen molar-refractivity contribution in [1.82, 2.24) is 24.3 Å². The Morgan fingerprint density at radius 1 is 1.23 bits per heavy atom. The highest BCUT2D eigenvalue weighted by atomic mass is 35.5. The van der Waals surface area contributed by atoms with E-state index in [9.17, 15) is 14.7 Å². The zero-order chi connectivity index (χ0) is 18.7. The van der Waals surface area contributed by atoms with E-state index in [2.05, 4.69) is 15.1 Å². The lowest BCUT2D eigenvalue weighted by Gasteiger charge is -2.10. The van der Waals surface area contributed by atoms with E-state index in [0.29, 0.717) is 23.1 Å². The van der Waals surface area contributed by atoms with E-state index in [1.54, 1.807) is 28.9 Å². The lowest BCUT2D eigenvalue weighted by atomic mass is 10.2. The molecule has 8 nitrogen and oxygen atoms in total. The second-order valence-corrected chi connectivity index (χ2v) is 6.28. The highest BCUT2D eigenvalue weighted by Gasteiger charge is 2.15. The molecule has 2 heterocycles. The van der Waals surface area contributed by atoms with Crippen molar-refractivity contribution in [3.05, 3.63) is 68.2 Å². The molecule has 0 saturated heterocycles. The smallest absolute Gasteiger partial charge is 0.328 e. The Morgan fingerprint density at radius 3 is 2.62 bits per heavy atom. The van der Waals surface area contributed by atoms with Crippen LogP contribution in [0.5, 0.6) is 0 Å². The van der Waals surface area contributed by atoms with Crippen LogP contribution < -0.4 is 11.2 Å². The summed E-state index contributed by atoms with van der Waals surface area (Å²) >= 11 is 5.91. The van der Waals surface area contributed by atoms with Gasteiger partial charge in [-0.25, -0.2) is 14.5 Å². The standard InChI is InChI=1S/C17H18ClN5O3/c1-2-13(24)9-23-14(10-22-8-7-15(25)20-17(22)26)19-16(21-23)11-3-5-12(18)6-4-11/h3-8,13,24H,2,9-10H2,1H3,(H,20,25,26). The highest BCUT2D eigenvalue weighted by Crippen LogP contribution is 2.19. The molecule has 3 aromatic rings. The summed E-state index contributed by atoms with van der Waals surface area (Å²) < 4.78 is 2.90. The van der Waals surface area contributed by atoms with E-state index in [1.807, 2.05) is 6.92 Å². The summed E-state index contributed by atoms with van der Waals surface area (Å²) in [5.41, 5.74) is -0.221. The molecular formula is C17H18ClN5O3. The van der Waals surface area contributed by atoms with Crippen molar-refractivity contribution >= 4 is 11.6 Å².